The number of halogens is 1. The van der Waals surface area contributed by atoms with Gasteiger partial charge in [-0.2, -0.15) is 0 Å². The van der Waals surface area contributed by atoms with Crippen molar-refractivity contribution in [2.45, 2.75) is 26.2 Å². The summed E-state index contributed by atoms with van der Waals surface area (Å²) in [5.74, 6) is -0.200. The number of esters is 1. The molecule has 0 aliphatic carbocycles. The highest BCUT2D eigenvalue weighted by Crippen LogP contribution is 2.39. The lowest BCUT2D eigenvalue weighted by atomic mass is 10.1. The van der Waals surface area contributed by atoms with Crippen molar-refractivity contribution in [3.8, 4) is 0 Å². The molecule has 2 aromatic carbocycles. The number of anilines is 1. The van der Waals surface area contributed by atoms with Crippen molar-refractivity contribution in [3.05, 3.63) is 42.5 Å². The van der Waals surface area contributed by atoms with E-state index in [4.69, 9.17) is 19.1 Å². The summed E-state index contributed by atoms with van der Waals surface area (Å²) in [5, 5.41) is 5.43. The molecular weight excluding hydrogens is 365 g/mol. The van der Waals surface area contributed by atoms with Crippen molar-refractivity contribution in [3.63, 3.8) is 0 Å². The minimum atomic E-state index is -4.17. The zero-order chi connectivity index (χ0) is 18.7. The van der Waals surface area contributed by atoms with Gasteiger partial charge in [0.05, 0.1) is 6.61 Å². The van der Waals surface area contributed by atoms with Gasteiger partial charge in [-0.1, -0.05) is 56.2 Å². The molecule has 0 amide bonds. The molecule has 0 aliphatic rings. The number of hydrogen-bond donors (Lipinski definition) is 3. The number of fused-ring (bicyclic) bond motifs is 1. The van der Waals surface area contributed by atoms with Crippen LogP contribution >= 0.6 is 18.2 Å². The average Bonchev–Trinajstić information content (AvgIpc) is 2.55. The molecule has 6 nitrogen and oxygen atoms in total. The fourth-order valence-corrected chi connectivity index (χ4v) is 2.14. The molecule has 2 aromatic rings. The van der Waals surface area contributed by atoms with Gasteiger partial charge in [-0.3, -0.25) is 4.79 Å². The standard InChI is InChI=1S/C17H21NO2.ClH2O3P/c1-2-3-6-12-20-17(19)13-18-16-11-7-9-14-8-4-5-10-15(14)16;1-5(2,3)4/h4-5,7-11,18H,2-3,6,12-13H2,1H3;(H2,2,3,4). The fourth-order valence-electron chi connectivity index (χ4n) is 2.14. The first-order valence-electron chi connectivity index (χ1n) is 7.93. The molecule has 0 fully saturated rings. The summed E-state index contributed by atoms with van der Waals surface area (Å²) < 4.78 is 14.3. The number of carbonyl (C=O) groups excluding carboxylic acids is 1. The zero-order valence-corrected chi connectivity index (χ0v) is 15.7. The topological polar surface area (TPSA) is 95.9 Å². The van der Waals surface area contributed by atoms with Crippen LogP contribution in [-0.2, 0) is 14.1 Å². The normalized spacial score (nSPS) is 10.7. The molecule has 0 spiro atoms. The van der Waals surface area contributed by atoms with Crippen LogP contribution < -0.4 is 5.32 Å². The van der Waals surface area contributed by atoms with Gasteiger partial charge in [-0.25, -0.2) is 4.57 Å². The molecule has 25 heavy (non-hydrogen) atoms. The molecule has 0 unspecified atom stereocenters. The number of unbranched alkanes of at least 4 members (excludes halogenated alkanes) is 2. The number of ether oxygens (including phenoxy) is 1. The molecule has 3 N–H and O–H groups in total. The van der Waals surface area contributed by atoms with Crippen molar-refractivity contribution >= 4 is 40.6 Å². The second kappa shape index (κ2) is 11.1. The van der Waals surface area contributed by atoms with Gasteiger partial charge in [0.2, 0.25) is 0 Å². The van der Waals surface area contributed by atoms with Gasteiger partial charge in [0, 0.05) is 22.3 Å². The average molecular weight is 388 g/mol. The van der Waals surface area contributed by atoms with Crippen molar-refractivity contribution in [2.24, 2.45) is 0 Å². The zero-order valence-electron chi connectivity index (χ0n) is 14.0. The quantitative estimate of drug-likeness (QED) is 0.372. The van der Waals surface area contributed by atoms with Crippen LogP contribution in [0.1, 0.15) is 26.2 Å². The van der Waals surface area contributed by atoms with E-state index in [1.165, 1.54) is 0 Å². The molecule has 0 atom stereocenters. The molecule has 2 rings (SSSR count). The van der Waals surface area contributed by atoms with Crippen molar-refractivity contribution in [1.29, 1.82) is 0 Å². The molecule has 0 aliphatic heterocycles. The van der Waals surface area contributed by atoms with Crippen molar-refractivity contribution < 1.29 is 23.9 Å². The summed E-state index contributed by atoms with van der Waals surface area (Å²) >= 11 is 4.20. The first kappa shape index (κ1) is 21.5. The summed E-state index contributed by atoms with van der Waals surface area (Å²) in [7, 11) is 0. The Bertz CT molecular complexity index is 705. The minimum absolute atomic E-state index is 0.200. The summed E-state index contributed by atoms with van der Waals surface area (Å²) in [6.07, 6.45) is 3.17. The number of rotatable bonds is 7. The largest absolute Gasteiger partial charge is 0.464 e. The first-order chi connectivity index (χ1) is 11.8. The highest BCUT2D eigenvalue weighted by atomic mass is 35.7. The number of nitrogens with one attached hydrogen (secondary N) is 1. The predicted molar refractivity (Wildman–Crippen MR) is 101 cm³/mol. The van der Waals surface area contributed by atoms with E-state index >= 15 is 0 Å². The Hall–Kier alpha value is -1.59. The maximum atomic E-state index is 11.6. The SMILES string of the molecule is CCCCCOC(=O)CNc1cccc2ccccc12.O=P(O)(O)Cl. The Morgan fingerprint density at radius 1 is 1.16 bits per heavy atom. The van der Waals surface area contributed by atoms with E-state index in [0.29, 0.717) is 6.61 Å². The second-order valence-electron chi connectivity index (χ2n) is 5.28. The Kier molecular flexibility index (Phi) is 9.53. The lowest BCUT2D eigenvalue weighted by Crippen LogP contribution is -2.17. The van der Waals surface area contributed by atoms with Gasteiger partial charge in [0.1, 0.15) is 6.54 Å². The Morgan fingerprint density at radius 2 is 1.80 bits per heavy atom. The van der Waals surface area contributed by atoms with Gasteiger partial charge >= 0.3 is 12.9 Å². The molecule has 0 heterocycles. The summed E-state index contributed by atoms with van der Waals surface area (Å²) in [4.78, 5) is 26.4. The first-order valence-corrected chi connectivity index (χ1v) is 10.5. The number of carbonyl (C=O) groups is 1. The summed E-state index contributed by atoms with van der Waals surface area (Å²) in [6.45, 7) is -1.31. The molecule has 138 valence electrons. The van der Waals surface area contributed by atoms with Gasteiger partial charge in [-0.05, 0) is 17.9 Å². The van der Waals surface area contributed by atoms with Crippen LogP contribution in [0.15, 0.2) is 42.5 Å². The van der Waals surface area contributed by atoms with Crippen LogP contribution in [0, 0.1) is 0 Å². The molecular formula is C17H23ClNO5P. The number of benzene rings is 2. The summed E-state index contributed by atoms with van der Waals surface area (Å²) in [5.41, 5.74) is 0.966. The molecule has 0 saturated heterocycles. The number of hydrogen-bond acceptors (Lipinski definition) is 4. The maximum absolute atomic E-state index is 11.6. The second-order valence-corrected chi connectivity index (χ2v) is 7.55. The van der Waals surface area contributed by atoms with E-state index in [2.05, 4.69) is 35.6 Å². The van der Waals surface area contributed by atoms with Gasteiger partial charge < -0.3 is 19.8 Å². The lowest BCUT2D eigenvalue weighted by molar-refractivity contribution is -0.141. The minimum Gasteiger partial charge on any atom is -0.464 e. The van der Waals surface area contributed by atoms with E-state index in [1.807, 2.05) is 30.3 Å². The van der Waals surface area contributed by atoms with Gasteiger partial charge in [0.15, 0.2) is 0 Å². The van der Waals surface area contributed by atoms with Crippen LogP contribution in [0.25, 0.3) is 10.8 Å². The van der Waals surface area contributed by atoms with E-state index in [-0.39, 0.29) is 12.5 Å². The Morgan fingerprint density at radius 3 is 2.48 bits per heavy atom. The highest BCUT2D eigenvalue weighted by Gasteiger charge is 2.04. The fraction of sp³-hybridized carbons (Fsp3) is 0.353. The third-order valence-corrected chi connectivity index (χ3v) is 3.22. The molecule has 0 saturated carbocycles. The molecule has 0 aromatic heterocycles. The van der Waals surface area contributed by atoms with Crippen LogP contribution in [0.5, 0.6) is 0 Å². The molecule has 0 bridgehead atoms. The van der Waals surface area contributed by atoms with E-state index in [9.17, 15) is 4.79 Å². The van der Waals surface area contributed by atoms with Crippen LogP contribution in [0.4, 0.5) is 5.69 Å². The van der Waals surface area contributed by atoms with E-state index < -0.39 is 6.95 Å². The van der Waals surface area contributed by atoms with Crippen LogP contribution in [-0.4, -0.2) is 28.9 Å². The van der Waals surface area contributed by atoms with Crippen LogP contribution in [0.2, 0.25) is 0 Å². The van der Waals surface area contributed by atoms with Crippen molar-refractivity contribution in [2.75, 3.05) is 18.5 Å². The monoisotopic (exact) mass is 387 g/mol. The predicted octanol–water partition coefficient (Wildman–Crippen LogP) is 4.30. The highest BCUT2D eigenvalue weighted by molar-refractivity contribution is 7.79. The lowest BCUT2D eigenvalue weighted by Gasteiger charge is -2.09. The third-order valence-electron chi connectivity index (χ3n) is 3.22. The molecule has 8 heteroatoms. The van der Waals surface area contributed by atoms with E-state index in [0.717, 1.165) is 35.7 Å². The van der Waals surface area contributed by atoms with Crippen LogP contribution in [0.3, 0.4) is 0 Å². The van der Waals surface area contributed by atoms with Gasteiger partial charge in [-0.15, -0.1) is 0 Å². The summed E-state index contributed by atoms with van der Waals surface area (Å²) in [6, 6.07) is 14.1. The smallest absolute Gasteiger partial charge is 0.419 e. The van der Waals surface area contributed by atoms with Gasteiger partial charge in [0.25, 0.3) is 0 Å². The van der Waals surface area contributed by atoms with E-state index in [1.54, 1.807) is 0 Å². The third kappa shape index (κ3) is 10.1. The Labute approximate surface area is 152 Å². The molecule has 0 radical (unpaired) electrons. The van der Waals surface area contributed by atoms with Crippen molar-refractivity contribution in [1.82, 2.24) is 0 Å². The maximum Gasteiger partial charge on any atom is 0.419 e. The Balaban J connectivity index is 0.000000550.